The van der Waals surface area contributed by atoms with Crippen molar-refractivity contribution >= 4 is 5.97 Å². The van der Waals surface area contributed by atoms with E-state index in [1.165, 1.54) is 16.7 Å². The molecule has 0 amide bonds. The third-order valence-electron chi connectivity index (χ3n) is 7.98. The van der Waals surface area contributed by atoms with E-state index in [2.05, 4.69) is 123 Å². The number of ether oxygens (including phenoxy) is 2. The molecule has 3 aromatic rings. The summed E-state index contributed by atoms with van der Waals surface area (Å²) in [6.45, 7) is 20.5. The maximum atomic E-state index is 13.6. The van der Waals surface area contributed by atoms with Crippen molar-refractivity contribution in [3.63, 3.8) is 0 Å². The predicted octanol–water partition coefficient (Wildman–Crippen LogP) is 8.65. The van der Waals surface area contributed by atoms with Crippen LogP contribution in [0.3, 0.4) is 0 Å². The average molecular weight is 513 g/mol. The summed E-state index contributed by atoms with van der Waals surface area (Å²) in [5, 5.41) is 0. The van der Waals surface area contributed by atoms with Gasteiger partial charge < -0.3 is 9.47 Å². The molecule has 4 rings (SSSR count). The molecule has 1 fully saturated rings. The molecule has 3 heteroatoms. The molecule has 0 radical (unpaired) electrons. The van der Waals surface area contributed by atoms with Crippen LogP contribution >= 0.6 is 0 Å². The van der Waals surface area contributed by atoms with E-state index in [0.29, 0.717) is 13.2 Å². The Morgan fingerprint density at radius 1 is 0.816 bits per heavy atom. The molecular weight excluding hydrogens is 468 g/mol. The van der Waals surface area contributed by atoms with Crippen molar-refractivity contribution in [1.82, 2.24) is 0 Å². The molecule has 1 saturated carbocycles. The van der Waals surface area contributed by atoms with E-state index >= 15 is 0 Å². The third-order valence-corrected chi connectivity index (χ3v) is 7.98. The van der Waals surface area contributed by atoms with Gasteiger partial charge in [-0.15, -0.1) is 0 Å². The first kappa shape index (κ1) is 28.1. The number of aryl methyl sites for hydroxylation is 1. The molecule has 2 atom stereocenters. The molecule has 0 heterocycles. The van der Waals surface area contributed by atoms with Crippen LogP contribution in [0, 0.1) is 24.2 Å². The monoisotopic (exact) mass is 512 g/mol. The lowest BCUT2D eigenvalue weighted by molar-refractivity contribution is -0.137. The minimum absolute atomic E-state index is 0.139. The number of rotatable bonds is 7. The molecule has 1 aliphatic rings. The fraction of sp³-hybridized carbons (Fsp3) is 0.457. The van der Waals surface area contributed by atoms with Crippen LogP contribution in [0.25, 0.3) is 11.1 Å². The van der Waals surface area contributed by atoms with Gasteiger partial charge >= 0.3 is 5.97 Å². The summed E-state index contributed by atoms with van der Waals surface area (Å²) >= 11 is 0. The Hall–Kier alpha value is -2.91. The Morgan fingerprint density at radius 2 is 1.34 bits per heavy atom. The Bertz CT molecular complexity index is 1240. The highest BCUT2D eigenvalue weighted by atomic mass is 16.5. The van der Waals surface area contributed by atoms with Gasteiger partial charge in [0, 0.05) is 17.0 Å². The third kappa shape index (κ3) is 6.04. The van der Waals surface area contributed by atoms with Gasteiger partial charge in [0.2, 0.25) is 0 Å². The quantitative estimate of drug-likeness (QED) is 0.235. The van der Waals surface area contributed by atoms with Crippen molar-refractivity contribution in [2.45, 2.75) is 79.8 Å². The van der Waals surface area contributed by atoms with Gasteiger partial charge in [-0.2, -0.15) is 0 Å². The summed E-state index contributed by atoms with van der Waals surface area (Å²) in [6, 6.07) is 23.2. The Kier molecular flexibility index (Phi) is 7.65. The van der Waals surface area contributed by atoms with Crippen molar-refractivity contribution in [3.05, 3.63) is 89.0 Å². The average Bonchev–Trinajstić information content (AvgIpc) is 3.39. The number of hydrogen-bond donors (Lipinski definition) is 0. The van der Waals surface area contributed by atoms with E-state index in [1.807, 2.05) is 6.07 Å². The van der Waals surface area contributed by atoms with Gasteiger partial charge in [-0.05, 0) is 39.9 Å². The van der Waals surface area contributed by atoms with E-state index in [4.69, 9.17) is 9.47 Å². The highest BCUT2D eigenvalue weighted by molar-refractivity contribution is 5.81. The van der Waals surface area contributed by atoms with Crippen LogP contribution in [0.5, 0.6) is 5.75 Å². The molecule has 0 N–H and O–H groups in total. The maximum Gasteiger partial charge on any atom is 0.315 e. The second-order valence-corrected chi connectivity index (χ2v) is 13.6. The largest absolute Gasteiger partial charge is 0.426 e. The highest BCUT2D eigenvalue weighted by Crippen LogP contribution is 2.59. The van der Waals surface area contributed by atoms with Gasteiger partial charge in [0.05, 0.1) is 19.1 Å². The van der Waals surface area contributed by atoms with Crippen LogP contribution in [-0.4, -0.2) is 12.6 Å². The van der Waals surface area contributed by atoms with Crippen LogP contribution in [0.15, 0.2) is 66.7 Å². The van der Waals surface area contributed by atoms with Crippen molar-refractivity contribution in [3.8, 4) is 16.9 Å². The maximum absolute atomic E-state index is 13.6. The first-order valence-corrected chi connectivity index (χ1v) is 13.8. The normalized spacial score (nSPS) is 18.8. The van der Waals surface area contributed by atoms with Crippen molar-refractivity contribution in [1.29, 1.82) is 0 Å². The molecule has 0 aliphatic heterocycles. The molecule has 3 aromatic carbocycles. The molecule has 2 unspecified atom stereocenters. The summed E-state index contributed by atoms with van der Waals surface area (Å²) in [6.07, 6.45) is 0. The van der Waals surface area contributed by atoms with E-state index in [1.54, 1.807) is 0 Å². The van der Waals surface area contributed by atoms with Crippen LogP contribution in [-0.2, 0) is 27.0 Å². The molecule has 0 aromatic heterocycles. The van der Waals surface area contributed by atoms with Crippen molar-refractivity contribution in [2.75, 3.05) is 6.61 Å². The molecule has 0 spiro atoms. The van der Waals surface area contributed by atoms with Crippen molar-refractivity contribution in [2.24, 2.45) is 17.3 Å². The van der Waals surface area contributed by atoms with Gasteiger partial charge in [-0.3, -0.25) is 4.79 Å². The molecule has 3 nitrogen and oxygen atoms in total. The van der Waals surface area contributed by atoms with E-state index in [-0.39, 0.29) is 34.1 Å². The zero-order valence-corrected chi connectivity index (χ0v) is 24.6. The predicted molar refractivity (Wildman–Crippen MR) is 157 cm³/mol. The Balaban J connectivity index is 1.43. The number of esters is 1. The lowest BCUT2D eigenvalue weighted by Crippen LogP contribution is -2.23. The van der Waals surface area contributed by atoms with Crippen LogP contribution < -0.4 is 4.74 Å². The fourth-order valence-corrected chi connectivity index (χ4v) is 5.41. The standard InChI is InChI=1S/C35H44O3/c1-23-19-27(33(2,3)4)31(28(20-23)34(5,6)7)38-32(36)30-29(35(30,8)9)22-37-21-24-15-17-26(18-16-24)25-13-11-10-12-14-25/h10-20,29-30H,21-22H2,1-9H3. The number of carbonyl (C=O) groups excluding carboxylic acids is 1. The zero-order chi connectivity index (χ0) is 27.9. The van der Waals surface area contributed by atoms with Crippen LogP contribution in [0.2, 0.25) is 0 Å². The molecule has 1 aliphatic carbocycles. The summed E-state index contributed by atoms with van der Waals surface area (Å²) in [5.74, 6) is 0.558. The second-order valence-electron chi connectivity index (χ2n) is 13.6. The fourth-order valence-electron chi connectivity index (χ4n) is 5.41. The van der Waals surface area contributed by atoms with Crippen LogP contribution in [0.4, 0.5) is 0 Å². The van der Waals surface area contributed by atoms with Crippen molar-refractivity contribution < 1.29 is 14.3 Å². The molecule has 0 saturated heterocycles. The highest BCUT2D eigenvalue weighted by Gasteiger charge is 2.62. The van der Waals surface area contributed by atoms with Gasteiger partial charge in [-0.1, -0.05) is 128 Å². The van der Waals surface area contributed by atoms with Crippen LogP contribution in [0.1, 0.15) is 77.6 Å². The summed E-state index contributed by atoms with van der Waals surface area (Å²) in [5.41, 5.74) is 6.46. The Labute approximate surface area is 229 Å². The molecule has 202 valence electrons. The van der Waals surface area contributed by atoms with E-state index < -0.39 is 0 Å². The van der Waals surface area contributed by atoms with E-state index in [9.17, 15) is 4.79 Å². The lowest BCUT2D eigenvalue weighted by Gasteiger charge is -2.30. The summed E-state index contributed by atoms with van der Waals surface area (Å²) < 4.78 is 12.4. The minimum atomic E-state index is -0.176. The smallest absolute Gasteiger partial charge is 0.315 e. The number of hydrogen-bond acceptors (Lipinski definition) is 3. The number of benzene rings is 3. The van der Waals surface area contributed by atoms with Gasteiger partial charge in [0.15, 0.2) is 0 Å². The SMILES string of the molecule is Cc1cc(C(C)(C)C)c(OC(=O)C2C(COCc3ccc(-c4ccccc4)cc3)C2(C)C)c(C(C)(C)C)c1. The zero-order valence-electron chi connectivity index (χ0n) is 24.6. The lowest BCUT2D eigenvalue weighted by atomic mass is 9.78. The first-order valence-electron chi connectivity index (χ1n) is 13.8. The second kappa shape index (κ2) is 10.3. The molecule has 0 bridgehead atoms. The topological polar surface area (TPSA) is 35.5 Å². The minimum Gasteiger partial charge on any atom is -0.426 e. The number of carbonyl (C=O) groups is 1. The molecular formula is C35H44O3. The Morgan fingerprint density at radius 3 is 1.87 bits per heavy atom. The van der Waals surface area contributed by atoms with E-state index in [0.717, 1.165) is 22.4 Å². The summed E-state index contributed by atoms with van der Waals surface area (Å²) in [7, 11) is 0. The first-order chi connectivity index (χ1) is 17.7. The molecule has 38 heavy (non-hydrogen) atoms. The van der Waals surface area contributed by atoms with Gasteiger partial charge in [0.25, 0.3) is 0 Å². The van der Waals surface area contributed by atoms with Gasteiger partial charge in [-0.25, -0.2) is 0 Å². The van der Waals surface area contributed by atoms with Gasteiger partial charge in [0.1, 0.15) is 5.75 Å². The summed E-state index contributed by atoms with van der Waals surface area (Å²) in [4.78, 5) is 13.6.